The molecule has 0 aliphatic rings. The van der Waals surface area contributed by atoms with Gasteiger partial charge in [-0.1, -0.05) is 0 Å². The molecule has 0 saturated heterocycles. The van der Waals surface area contributed by atoms with E-state index in [9.17, 15) is 3.74 Å². The molecule has 0 saturated carbocycles. The van der Waals surface area contributed by atoms with E-state index < -0.39 is 29.9 Å². The summed E-state index contributed by atoms with van der Waals surface area (Å²) in [5.74, 6) is 0. The van der Waals surface area contributed by atoms with Gasteiger partial charge in [-0.3, -0.25) is 0 Å². The summed E-state index contributed by atoms with van der Waals surface area (Å²) >= 11 is -5.06. The Labute approximate surface area is 57.2 Å². The van der Waals surface area contributed by atoms with Gasteiger partial charge in [0, 0.05) is 0 Å². The van der Waals surface area contributed by atoms with Crippen LogP contribution < -0.4 is 0 Å². The number of rotatable bonds is 0. The van der Waals surface area contributed by atoms with Crippen LogP contribution in [0.15, 0.2) is 0 Å². The van der Waals surface area contributed by atoms with Crippen molar-refractivity contribution in [3.05, 3.63) is 0 Å². The Hall–Kier alpha value is 0.637. The molecule has 1 unspecified atom stereocenters. The third kappa shape index (κ3) is 520. The monoisotopic (exact) mass is 248 g/mol. The fraction of sp³-hybridized carbons (Fsp3) is 1.00. The third-order valence-corrected chi connectivity index (χ3v) is 0. The van der Waals surface area contributed by atoms with Gasteiger partial charge < -0.3 is 0 Å². The van der Waals surface area contributed by atoms with E-state index in [4.69, 9.17) is 11.9 Å². The van der Waals surface area contributed by atoms with Crippen molar-refractivity contribution >= 4 is 29.9 Å². The maximum absolute atomic E-state index is 9.83. The molecule has 0 fully saturated rings. The van der Waals surface area contributed by atoms with E-state index in [1.54, 1.807) is 0 Å². The van der Waals surface area contributed by atoms with Gasteiger partial charge in [-0.25, -0.2) is 0 Å². The second-order valence-electron chi connectivity index (χ2n) is 1.40. The van der Waals surface area contributed by atoms with Crippen molar-refractivity contribution in [2.24, 2.45) is 0 Å². The molecule has 0 amide bonds. The van der Waals surface area contributed by atoms with Gasteiger partial charge in [0.05, 0.1) is 0 Å². The fourth-order valence-electron chi connectivity index (χ4n) is 0. The van der Waals surface area contributed by atoms with E-state index in [-0.39, 0.29) is 0 Å². The summed E-state index contributed by atoms with van der Waals surface area (Å²) in [5.41, 5.74) is 2.72. The van der Waals surface area contributed by atoms with E-state index in [1.807, 2.05) is 0 Å². The molecule has 0 bridgehead atoms. The Morgan fingerprint density at radius 2 is 1.50 bits per heavy atom. The first-order chi connectivity index (χ1) is 3.41. The molecule has 0 radical (unpaired) electrons. The number of hydrogen-bond donors (Lipinski definition) is 2. The van der Waals surface area contributed by atoms with Crippen molar-refractivity contribution in [3.63, 3.8) is 0 Å². The zero-order valence-corrected chi connectivity index (χ0v) is 9.03. The van der Waals surface area contributed by atoms with Crippen molar-refractivity contribution in [1.82, 2.24) is 0 Å². The summed E-state index contributed by atoms with van der Waals surface area (Å²) in [7, 11) is 0. The van der Waals surface area contributed by atoms with Crippen molar-refractivity contribution in [2.75, 3.05) is 0 Å². The molecule has 0 aromatic heterocycles. The summed E-state index contributed by atoms with van der Waals surface area (Å²) in [6, 6.07) is 0. The molecule has 0 aliphatic heterocycles. The van der Waals surface area contributed by atoms with Crippen LogP contribution in [0.3, 0.4) is 0 Å². The molecule has 0 aromatic rings. The SMILES string of the molecule is C[As](C)(=O)O.O=[AsH2]O. The second-order valence-corrected chi connectivity index (χ2v) is 7.27. The van der Waals surface area contributed by atoms with Crippen LogP contribution in [0.25, 0.3) is 0 Å². The molecular weight excluding hydrogens is 238 g/mol. The third-order valence-electron chi connectivity index (χ3n) is 0. The molecule has 1 atom stereocenters. The van der Waals surface area contributed by atoms with Crippen LogP contribution in [0.2, 0.25) is 11.4 Å². The normalized spacial score (nSPS) is 11.0. The van der Waals surface area contributed by atoms with Gasteiger partial charge in [-0.05, 0) is 0 Å². The zero-order chi connectivity index (χ0) is 7.21. The van der Waals surface area contributed by atoms with Crippen LogP contribution in [0, 0.1) is 0 Å². The van der Waals surface area contributed by atoms with Gasteiger partial charge in [0.25, 0.3) is 0 Å². The summed E-state index contributed by atoms with van der Waals surface area (Å²) < 4.78 is 33.8. The van der Waals surface area contributed by atoms with Crippen LogP contribution in [-0.4, -0.2) is 38.1 Å². The van der Waals surface area contributed by atoms with Gasteiger partial charge in [-0.2, -0.15) is 0 Å². The van der Waals surface area contributed by atoms with Crippen molar-refractivity contribution < 1.29 is 15.7 Å². The van der Waals surface area contributed by atoms with Gasteiger partial charge in [0.2, 0.25) is 0 Å². The van der Waals surface area contributed by atoms with E-state index in [2.05, 4.69) is 0 Å². The van der Waals surface area contributed by atoms with Crippen LogP contribution in [-0.2, 0) is 7.48 Å². The Balaban J connectivity index is 0. The second kappa shape index (κ2) is 5.77. The van der Waals surface area contributed by atoms with Gasteiger partial charge >= 0.3 is 57.0 Å². The zero-order valence-electron chi connectivity index (χ0n) is 4.74. The molecule has 2 N–H and O–H groups in total. The molecule has 52 valence electrons. The summed E-state index contributed by atoms with van der Waals surface area (Å²) in [6.07, 6.45) is 0. The maximum atomic E-state index is 9.83. The first-order valence-electron chi connectivity index (χ1n) is 1.77. The van der Waals surface area contributed by atoms with E-state index in [0.29, 0.717) is 0 Å². The molecule has 0 spiro atoms. The van der Waals surface area contributed by atoms with Crippen LogP contribution in [0.1, 0.15) is 0 Å². The van der Waals surface area contributed by atoms with Gasteiger partial charge in [0.15, 0.2) is 0 Å². The van der Waals surface area contributed by atoms with Crippen LogP contribution in [0.4, 0.5) is 0 Å². The first kappa shape index (κ1) is 11.4. The Morgan fingerprint density at radius 3 is 1.50 bits per heavy atom. The molecule has 0 aliphatic carbocycles. The summed E-state index contributed by atoms with van der Waals surface area (Å²) in [4.78, 5) is 0. The fourth-order valence-corrected chi connectivity index (χ4v) is 0. The molecule has 0 aromatic carbocycles. The van der Waals surface area contributed by atoms with Crippen molar-refractivity contribution in [3.8, 4) is 0 Å². The Bertz CT molecular complexity index is 85.9. The number of hydrogen-bond acceptors (Lipinski definition) is 2. The topological polar surface area (TPSA) is 74.6 Å². The average molecular weight is 248 g/mol. The molecule has 8 heavy (non-hydrogen) atoms. The summed E-state index contributed by atoms with van der Waals surface area (Å²) in [5, 5.41) is 0. The summed E-state index contributed by atoms with van der Waals surface area (Å²) in [6.45, 7) is 0. The molecule has 0 rings (SSSR count). The van der Waals surface area contributed by atoms with E-state index in [0.717, 1.165) is 0 Å². The van der Waals surface area contributed by atoms with Crippen molar-refractivity contribution in [2.45, 2.75) is 11.4 Å². The van der Waals surface area contributed by atoms with Crippen molar-refractivity contribution in [1.29, 1.82) is 0 Å². The van der Waals surface area contributed by atoms with E-state index >= 15 is 0 Å². The predicted octanol–water partition coefficient (Wildman–Crippen LogP) is -1.48. The van der Waals surface area contributed by atoms with E-state index in [1.165, 1.54) is 11.4 Å². The van der Waals surface area contributed by atoms with Gasteiger partial charge in [0.1, 0.15) is 0 Å². The minimum atomic E-state index is -3.12. The first-order valence-corrected chi connectivity index (χ1v) is 9.20. The molecule has 4 nitrogen and oxygen atoms in total. The molecular formula is C2H10As2O4. The average Bonchev–Trinajstić information content (AvgIpc) is 1.27. The Kier molecular flexibility index (Phi) is 8.24. The molecule has 0 heterocycles. The Morgan fingerprint density at radius 1 is 1.50 bits per heavy atom. The predicted molar refractivity (Wildman–Crippen MR) is 31.8 cm³/mol. The quantitative estimate of drug-likeness (QED) is 0.512. The van der Waals surface area contributed by atoms with Crippen LogP contribution in [0.5, 0.6) is 0 Å². The molecule has 6 heteroatoms. The van der Waals surface area contributed by atoms with Crippen LogP contribution >= 0.6 is 0 Å². The minimum absolute atomic E-state index is 1.36. The standard InChI is InChI=1S/C2H7AsO2.AsH3O2/c1-3(2,4)5;2-1-3/h1-2H3,(H,4,5);1H2,(H,2,3). The van der Waals surface area contributed by atoms with Gasteiger partial charge in [-0.15, -0.1) is 0 Å².